The molecule has 0 spiro atoms. The van der Waals surface area contributed by atoms with Gasteiger partial charge in [-0.25, -0.2) is 0 Å². The molecule has 4 atom stereocenters. The minimum atomic E-state index is -0.979. The maximum atomic E-state index is 9.76. The van der Waals surface area contributed by atoms with E-state index in [0.29, 0.717) is 6.61 Å². The Bertz CT molecular complexity index is 308. The third kappa shape index (κ3) is 8.27. The van der Waals surface area contributed by atoms with E-state index in [9.17, 15) is 15.3 Å². The highest BCUT2D eigenvalue weighted by Gasteiger charge is 2.40. The molecule has 0 aromatic rings. The summed E-state index contributed by atoms with van der Waals surface area (Å²) in [5.74, 6) is 0. The van der Waals surface area contributed by atoms with E-state index in [1.165, 1.54) is 38.5 Å². The lowest BCUT2D eigenvalue weighted by molar-refractivity contribution is -0.101. The molecule has 0 saturated carbocycles. The minimum Gasteiger partial charge on any atom is -0.394 e. The zero-order chi connectivity index (χ0) is 16.9. The number of aliphatic hydroxyl groups excluding tert-OH is 3. The molecule has 5 nitrogen and oxygen atoms in total. The lowest BCUT2D eigenvalue weighted by Crippen LogP contribution is -2.42. The molecule has 0 aromatic carbocycles. The summed E-state index contributed by atoms with van der Waals surface area (Å²) in [4.78, 5) is 0. The van der Waals surface area contributed by atoms with Crippen molar-refractivity contribution in [2.75, 3.05) is 19.8 Å². The van der Waals surface area contributed by atoms with Crippen LogP contribution in [0.2, 0.25) is 0 Å². The third-order valence-corrected chi connectivity index (χ3v) is 4.21. The summed E-state index contributed by atoms with van der Waals surface area (Å²) >= 11 is 0. The van der Waals surface area contributed by atoms with Gasteiger partial charge in [0.15, 0.2) is 0 Å². The molecular formula is C18H34O5. The smallest absolute Gasteiger partial charge is 0.114 e. The highest BCUT2D eigenvalue weighted by atomic mass is 16.6. The second-order valence-corrected chi connectivity index (χ2v) is 6.26. The van der Waals surface area contributed by atoms with Crippen LogP contribution in [0.4, 0.5) is 0 Å². The fourth-order valence-corrected chi connectivity index (χ4v) is 2.74. The van der Waals surface area contributed by atoms with Gasteiger partial charge in [-0.3, -0.25) is 0 Å². The molecular weight excluding hydrogens is 296 g/mol. The molecule has 0 unspecified atom stereocenters. The molecule has 1 aliphatic rings. The summed E-state index contributed by atoms with van der Waals surface area (Å²) in [6, 6.07) is 0. The van der Waals surface area contributed by atoms with Crippen molar-refractivity contribution in [3.8, 4) is 0 Å². The van der Waals surface area contributed by atoms with Crippen LogP contribution in [0.3, 0.4) is 0 Å². The fourth-order valence-electron chi connectivity index (χ4n) is 2.74. The molecule has 1 fully saturated rings. The molecule has 0 radical (unpaired) electrons. The lowest BCUT2D eigenvalue weighted by Gasteiger charge is -2.24. The first-order valence-corrected chi connectivity index (χ1v) is 9.05. The first kappa shape index (κ1) is 20.6. The molecule has 1 aliphatic heterocycles. The molecule has 0 bridgehead atoms. The van der Waals surface area contributed by atoms with Crippen molar-refractivity contribution in [1.29, 1.82) is 0 Å². The van der Waals surface area contributed by atoms with Gasteiger partial charge in [0, 0.05) is 6.61 Å². The van der Waals surface area contributed by atoms with Crippen LogP contribution in [-0.4, -0.2) is 59.6 Å². The van der Waals surface area contributed by atoms with Crippen LogP contribution in [0, 0.1) is 0 Å². The van der Waals surface area contributed by atoms with Gasteiger partial charge >= 0.3 is 0 Å². The molecule has 23 heavy (non-hydrogen) atoms. The Morgan fingerprint density at radius 2 is 1.78 bits per heavy atom. The van der Waals surface area contributed by atoms with Gasteiger partial charge in [0.05, 0.1) is 13.2 Å². The van der Waals surface area contributed by atoms with Crippen molar-refractivity contribution in [3.05, 3.63) is 12.2 Å². The van der Waals surface area contributed by atoms with E-state index in [-0.39, 0.29) is 13.2 Å². The van der Waals surface area contributed by atoms with Crippen molar-refractivity contribution < 1.29 is 24.8 Å². The SMILES string of the molecule is CCC/C=C/CCCCCCCO[C@H](CO)[C@@H]1OC[C@H](O)[C@@H]1O. The lowest BCUT2D eigenvalue weighted by atomic mass is 10.1. The van der Waals surface area contributed by atoms with Crippen molar-refractivity contribution in [3.63, 3.8) is 0 Å². The predicted octanol–water partition coefficient (Wildman–Crippen LogP) is 2.18. The zero-order valence-electron chi connectivity index (χ0n) is 14.4. The largest absolute Gasteiger partial charge is 0.394 e. The Labute approximate surface area is 140 Å². The molecule has 136 valence electrons. The maximum absolute atomic E-state index is 9.76. The Morgan fingerprint density at radius 1 is 1.09 bits per heavy atom. The molecule has 0 aliphatic carbocycles. The van der Waals surface area contributed by atoms with Gasteiger partial charge in [-0.2, -0.15) is 0 Å². The van der Waals surface area contributed by atoms with Crippen molar-refractivity contribution >= 4 is 0 Å². The Kier molecular flexibility index (Phi) is 11.5. The van der Waals surface area contributed by atoms with Crippen LogP contribution in [0.5, 0.6) is 0 Å². The van der Waals surface area contributed by atoms with Gasteiger partial charge in [0.1, 0.15) is 24.4 Å². The summed E-state index contributed by atoms with van der Waals surface area (Å²) in [5.41, 5.74) is 0. The predicted molar refractivity (Wildman–Crippen MR) is 90.3 cm³/mol. The van der Waals surface area contributed by atoms with Crippen molar-refractivity contribution in [1.82, 2.24) is 0 Å². The fraction of sp³-hybridized carbons (Fsp3) is 0.889. The molecule has 3 N–H and O–H groups in total. The van der Waals surface area contributed by atoms with Crippen LogP contribution in [0.1, 0.15) is 58.3 Å². The summed E-state index contributed by atoms with van der Waals surface area (Å²) in [6.45, 7) is 2.62. The molecule has 0 amide bonds. The number of unbranched alkanes of at least 4 members (excludes halogenated alkanes) is 6. The molecule has 0 aromatic heterocycles. The number of rotatable bonds is 13. The highest BCUT2D eigenvalue weighted by Crippen LogP contribution is 2.19. The van der Waals surface area contributed by atoms with E-state index in [0.717, 1.165) is 12.8 Å². The third-order valence-electron chi connectivity index (χ3n) is 4.21. The molecule has 1 heterocycles. The van der Waals surface area contributed by atoms with Crippen LogP contribution in [0.15, 0.2) is 12.2 Å². The Balaban J connectivity index is 1.99. The van der Waals surface area contributed by atoms with Gasteiger partial charge < -0.3 is 24.8 Å². The van der Waals surface area contributed by atoms with E-state index in [1.54, 1.807) is 0 Å². The van der Waals surface area contributed by atoms with Gasteiger partial charge in [0.25, 0.3) is 0 Å². The first-order valence-electron chi connectivity index (χ1n) is 9.05. The average Bonchev–Trinajstić information content (AvgIpc) is 2.88. The number of allylic oxidation sites excluding steroid dienone is 2. The van der Waals surface area contributed by atoms with Gasteiger partial charge in [0.2, 0.25) is 0 Å². The number of aliphatic hydroxyl groups is 3. The number of hydrogen-bond acceptors (Lipinski definition) is 5. The van der Waals surface area contributed by atoms with E-state index >= 15 is 0 Å². The minimum absolute atomic E-state index is 0.0956. The van der Waals surface area contributed by atoms with E-state index in [4.69, 9.17) is 9.47 Å². The van der Waals surface area contributed by atoms with Crippen LogP contribution in [-0.2, 0) is 9.47 Å². The Hall–Kier alpha value is -0.460. The molecule has 1 saturated heterocycles. The maximum Gasteiger partial charge on any atom is 0.114 e. The standard InChI is InChI=1S/C18H34O5/c1-2-3-4-5-6-7-8-9-10-11-12-22-16(13-19)18-17(21)15(20)14-23-18/h4-5,15-21H,2-3,6-14H2,1H3/b5-4+/t15-,16+,17-,18-/m0/s1. The molecule has 1 rings (SSSR count). The first-order chi connectivity index (χ1) is 11.2. The van der Waals surface area contributed by atoms with Gasteiger partial charge in [-0.05, 0) is 25.7 Å². The number of ether oxygens (including phenoxy) is 2. The normalized spacial score (nSPS) is 26.2. The van der Waals surface area contributed by atoms with Gasteiger partial charge in [-0.15, -0.1) is 0 Å². The monoisotopic (exact) mass is 330 g/mol. The van der Waals surface area contributed by atoms with Crippen LogP contribution in [0.25, 0.3) is 0 Å². The topological polar surface area (TPSA) is 79.2 Å². The summed E-state index contributed by atoms with van der Waals surface area (Å²) < 4.78 is 10.9. The molecule has 5 heteroatoms. The number of hydrogen-bond donors (Lipinski definition) is 3. The van der Waals surface area contributed by atoms with Crippen molar-refractivity contribution in [2.24, 2.45) is 0 Å². The highest BCUT2D eigenvalue weighted by molar-refractivity contribution is 4.88. The Morgan fingerprint density at radius 3 is 2.43 bits per heavy atom. The average molecular weight is 330 g/mol. The van der Waals surface area contributed by atoms with Crippen molar-refractivity contribution in [2.45, 2.75) is 82.7 Å². The quantitative estimate of drug-likeness (QED) is 0.356. The van der Waals surface area contributed by atoms with Crippen LogP contribution >= 0.6 is 0 Å². The van der Waals surface area contributed by atoms with Gasteiger partial charge in [-0.1, -0.05) is 44.8 Å². The summed E-state index contributed by atoms with van der Waals surface area (Å²) in [5, 5.41) is 28.6. The van der Waals surface area contributed by atoms with E-state index < -0.39 is 24.4 Å². The zero-order valence-corrected chi connectivity index (χ0v) is 14.4. The van der Waals surface area contributed by atoms with Crippen LogP contribution < -0.4 is 0 Å². The summed E-state index contributed by atoms with van der Waals surface area (Å²) in [6.07, 6.45) is 10.7. The van der Waals surface area contributed by atoms with E-state index in [1.807, 2.05) is 0 Å². The second-order valence-electron chi connectivity index (χ2n) is 6.26. The van der Waals surface area contributed by atoms with E-state index in [2.05, 4.69) is 19.1 Å². The second kappa shape index (κ2) is 12.9. The summed E-state index contributed by atoms with van der Waals surface area (Å²) in [7, 11) is 0.